The zero-order chi connectivity index (χ0) is 17.3. The number of nitrogens with one attached hydrogen (secondary N) is 2. The van der Waals surface area contributed by atoms with Crippen molar-refractivity contribution in [1.29, 1.82) is 0 Å². The van der Waals surface area contributed by atoms with Crippen LogP contribution in [0.2, 0.25) is 0 Å². The largest absolute Gasteiger partial charge is 0.386 e. The predicted molar refractivity (Wildman–Crippen MR) is 118 cm³/mol. The van der Waals surface area contributed by atoms with Crippen LogP contribution in [0.3, 0.4) is 0 Å². The molecule has 0 spiro atoms. The third-order valence-corrected chi connectivity index (χ3v) is 4.14. The number of thioether (sulfide) groups is 1. The van der Waals surface area contributed by atoms with E-state index in [1.54, 1.807) is 11.8 Å². The van der Waals surface area contributed by atoms with Gasteiger partial charge in [-0.2, -0.15) is 11.8 Å². The van der Waals surface area contributed by atoms with E-state index in [1.807, 2.05) is 19.1 Å². The van der Waals surface area contributed by atoms with Crippen LogP contribution >= 0.6 is 35.7 Å². The second-order valence-corrected chi connectivity index (χ2v) is 7.51. The lowest BCUT2D eigenvalue weighted by molar-refractivity contribution is 0.187. The van der Waals surface area contributed by atoms with E-state index in [1.165, 1.54) is 5.56 Å². The highest BCUT2D eigenvalue weighted by Crippen LogP contribution is 2.24. The summed E-state index contributed by atoms with van der Waals surface area (Å²) in [5.41, 5.74) is 2.30. The molecule has 0 bridgehead atoms. The highest BCUT2D eigenvalue weighted by atomic mass is 127. The van der Waals surface area contributed by atoms with Gasteiger partial charge < -0.3 is 15.7 Å². The third-order valence-electron chi connectivity index (χ3n) is 3.53. The van der Waals surface area contributed by atoms with Crippen LogP contribution < -0.4 is 10.6 Å². The highest BCUT2D eigenvalue weighted by molar-refractivity contribution is 14.0. The Balaban J connectivity index is 0.00000529. The Morgan fingerprint density at radius 1 is 1.21 bits per heavy atom. The quantitative estimate of drug-likeness (QED) is 0.250. The van der Waals surface area contributed by atoms with Gasteiger partial charge in [-0.15, -0.1) is 24.0 Å². The Kier molecular flexibility index (Phi) is 11.7. The Morgan fingerprint density at radius 2 is 1.83 bits per heavy atom. The first-order chi connectivity index (χ1) is 10.9. The molecule has 0 heterocycles. The molecule has 1 unspecified atom stereocenters. The van der Waals surface area contributed by atoms with Crippen LogP contribution in [0, 0.1) is 0 Å². The Bertz CT molecular complexity index is 486. The van der Waals surface area contributed by atoms with Gasteiger partial charge in [0.05, 0.1) is 12.6 Å². The number of halogens is 1. The summed E-state index contributed by atoms with van der Waals surface area (Å²) in [6, 6.07) is 8.16. The fraction of sp³-hybridized carbons (Fsp3) is 0.611. The smallest absolute Gasteiger partial charge is 0.191 e. The monoisotopic (exact) mass is 465 g/mol. The van der Waals surface area contributed by atoms with Crippen molar-refractivity contribution in [1.82, 2.24) is 10.6 Å². The van der Waals surface area contributed by atoms with Crippen molar-refractivity contribution in [3.63, 3.8) is 0 Å². The molecule has 4 nitrogen and oxygen atoms in total. The summed E-state index contributed by atoms with van der Waals surface area (Å²) in [6.07, 6.45) is 1.50. The van der Waals surface area contributed by atoms with E-state index in [0.29, 0.717) is 6.54 Å². The fourth-order valence-electron chi connectivity index (χ4n) is 2.10. The number of rotatable bonds is 7. The van der Waals surface area contributed by atoms with E-state index in [2.05, 4.69) is 54.8 Å². The van der Waals surface area contributed by atoms with Gasteiger partial charge in [0.1, 0.15) is 0 Å². The van der Waals surface area contributed by atoms with E-state index >= 15 is 0 Å². The SMILES string of the molecule is CCNC(=NCC(O)c1ccc(C(C)(C)C)cc1)NCCSC.I. The van der Waals surface area contributed by atoms with Gasteiger partial charge in [0.2, 0.25) is 0 Å². The topological polar surface area (TPSA) is 56.7 Å². The van der Waals surface area contributed by atoms with Crippen LogP contribution in [0.4, 0.5) is 0 Å². The number of guanidine groups is 1. The van der Waals surface area contributed by atoms with Crippen molar-refractivity contribution in [2.75, 3.05) is 31.6 Å². The van der Waals surface area contributed by atoms with Gasteiger partial charge in [-0.1, -0.05) is 45.0 Å². The highest BCUT2D eigenvalue weighted by Gasteiger charge is 2.14. The van der Waals surface area contributed by atoms with Gasteiger partial charge in [0.25, 0.3) is 0 Å². The second kappa shape index (κ2) is 12.0. The number of aliphatic imine (C=N–C) groups is 1. The number of benzene rings is 1. The van der Waals surface area contributed by atoms with Crippen LogP contribution in [0.5, 0.6) is 0 Å². The molecule has 24 heavy (non-hydrogen) atoms. The number of aliphatic hydroxyl groups excluding tert-OH is 1. The van der Waals surface area contributed by atoms with Crippen molar-refractivity contribution in [2.24, 2.45) is 4.99 Å². The van der Waals surface area contributed by atoms with Gasteiger partial charge in [-0.3, -0.25) is 4.99 Å². The summed E-state index contributed by atoms with van der Waals surface area (Å²) in [6.45, 7) is 10.6. The van der Waals surface area contributed by atoms with Crippen LogP contribution in [-0.2, 0) is 5.41 Å². The molecule has 0 aromatic heterocycles. The minimum atomic E-state index is -0.583. The molecule has 3 N–H and O–H groups in total. The lowest BCUT2D eigenvalue weighted by Crippen LogP contribution is -2.38. The Hall–Kier alpha value is -0.470. The van der Waals surface area contributed by atoms with Gasteiger partial charge in [0, 0.05) is 18.8 Å². The lowest BCUT2D eigenvalue weighted by Gasteiger charge is -2.20. The first kappa shape index (κ1) is 23.5. The van der Waals surface area contributed by atoms with E-state index in [-0.39, 0.29) is 29.4 Å². The molecule has 0 saturated heterocycles. The minimum absolute atomic E-state index is 0. The van der Waals surface area contributed by atoms with Crippen LogP contribution in [-0.4, -0.2) is 42.7 Å². The maximum absolute atomic E-state index is 10.3. The average Bonchev–Trinajstić information content (AvgIpc) is 2.51. The Morgan fingerprint density at radius 3 is 2.33 bits per heavy atom. The molecule has 0 saturated carbocycles. The molecule has 1 rings (SSSR count). The molecule has 0 amide bonds. The molecule has 0 aliphatic heterocycles. The van der Waals surface area contributed by atoms with Crippen molar-refractivity contribution in [2.45, 2.75) is 39.2 Å². The van der Waals surface area contributed by atoms with Gasteiger partial charge in [-0.25, -0.2) is 0 Å². The van der Waals surface area contributed by atoms with E-state index < -0.39 is 6.10 Å². The number of nitrogens with zero attached hydrogens (tertiary/aromatic N) is 1. The minimum Gasteiger partial charge on any atom is -0.386 e. The maximum Gasteiger partial charge on any atom is 0.191 e. The summed E-state index contributed by atoms with van der Waals surface area (Å²) in [5.74, 6) is 1.79. The fourth-order valence-corrected chi connectivity index (χ4v) is 2.41. The number of hydrogen-bond acceptors (Lipinski definition) is 3. The number of aliphatic hydroxyl groups is 1. The predicted octanol–water partition coefficient (Wildman–Crippen LogP) is 3.55. The first-order valence-corrected chi connectivity index (χ1v) is 9.57. The first-order valence-electron chi connectivity index (χ1n) is 8.18. The molecular weight excluding hydrogens is 433 g/mol. The molecule has 0 aliphatic rings. The van der Waals surface area contributed by atoms with Crippen molar-refractivity contribution >= 4 is 41.7 Å². The summed E-state index contributed by atoms with van der Waals surface area (Å²) in [4.78, 5) is 4.47. The molecule has 0 fully saturated rings. The van der Waals surface area contributed by atoms with Crippen LogP contribution in [0.15, 0.2) is 29.3 Å². The van der Waals surface area contributed by atoms with E-state index in [4.69, 9.17) is 0 Å². The van der Waals surface area contributed by atoms with Gasteiger partial charge in [0.15, 0.2) is 5.96 Å². The normalized spacial score (nSPS) is 13.2. The molecule has 0 radical (unpaired) electrons. The summed E-state index contributed by atoms with van der Waals surface area (Å²) >= 11 is 1.79. The lowest BCUT2D eigenvalue weighted by atomic mass is 9.86. The second-order valence-electron chi connectivity index (χ2n) is 6.53. The van der Waals surface area contributed by atoms with Crippen molar-refractivity contribution < 1.29 is 5.11 Å². The molecule has 1 aromatic rings. The van der Waals surface area contributed by atoms with Crippen LogP contribution in [0.1, 0.15) is 44.9 Å². The summed E-state index contributed by atoms with van der Waals surface area (Å²) in [5, 5.41) is 16.8. The third kappa shape index (κ3) is 8.58. The molecule has 0 aliphatic carbocycles. The van der Waals surface area contributed by atoms with Crippen molar-refractivity contribution in [3.05, 3.63) is 35.4 Å². The summed E-state index contributed by atoms with van der Waals surface area (Å²) < 4.78 is 0. The zero-order valence-corrected chi connectivity index (χ0v) is 18.6. The zero-order valence-electron chi connectivity index (χ0n) is 15.4. The standard InChI is InChI=1S/C18H31N3OS.HI/c1-6-19-17(20-11-12-23-5)21-13-16(22)14-7-9-15(10-8-14)18(2,3)4;/h7-10,16,22H,6,11-13H2,1-5H3,(H2,19,20,21);1H. The van der Waals surface area contributed by atoms with E-state index in [0.717, 1.165) is 30.4 Å². The van der Waals surface area contributed by atoms with E-state index in [9.17, 15) is 5.11 Å². The maximum atomic E-state index is 10.3. The molecule has 138 valence electrons. The molecular formula is C18H32IN3OS. The average molecular weight is 465 g/mol. The van der Waals surface area contributed by atoms with Crippen molar-refractivity contribution in [3.8, 4) is 0 Å². The van der Waals surface area contributed by atoms with Crippen LogP contribution in [0.25, 0.3) is 0 Å². The van der Waals surface area contributed by atoms with Gasteiger partial charge >= 0.3 is 0 Å². The molecule has 1 aromatic carbocycles. The molecule has 1 atom stereocenters. The Labute approximate surface area is 168 Å². The van der Waals surface area contributed by atoms with Gasteiger partial charge in [-0.05, 0) is 29.7 Å². The summed E-state index contributed by atoms with van der Waals surface area (Å²) in [7, 11) is 0. The number of hydrogen-bond donors (Lipinski definition) is 3. The molecule has 6 heteroatoms.